The zero-order valence-corrected chi connectivity index (χ0v) is 13.4. The molecule has 1 aromatic carbocycles. The lowest BCUT2D eigenvalue weighted by atomic mass is 9.97. The molecule has 1 aliphatic rings. The third-order valence-corrected chi connectivity index (χ3v) is 4.35. The van der Waals surface area contributed by atoms with Crippen LogP contribution in [-0.4, -0.2) is 13.0 Å². The summed E-state index contributed by atoms with van der Waals surface area (Å²) in [7, 11) is 2.03. The molecule has 1 unspecified atom stereocenters. The van der Waals surface area contributed by atoms with Crippen LogP contribution >= 0.6 is 0 Å². The first kappa shape index (κ1) is 16.0. The Bertz CT molecular complexity index is 470. The largest absolute Gasteiger partial charge is 0.326 e. The summed E-state index contributed by atoms with van der Waals surface area (Å²) in [6, 6.07) is 6.77. The average Bonchev–Trinajstić information content (AvgIpc) is 2.85. The minimum atomic E-state index is 0.110. The van der Waals surface area contributed by atoms with Crippen molar-refractivity contribution in [1.29, 1.82) is 0 Å². The number of amides is 1. The van der Waals surface area contributed by atoms with E-state index in [1.165, 1.54) is 50.5 Å². The van der Waals surface area contributed by atoms with Gasteiger partial charge in [0.25, 0.3) is 0 Å². The van der Waals surface area contributed by atoms with Crippen LogP contribution in [0.1, 0.15) is 69.0 Å². The molecule has 0 saturated carbocycles. The molecule has 3 heteroatoms. The maximum Gasteiger partial charge on any atom is 0.228 e. The Labute approximate surface area is 128 Å². The van der Waals surface area contributed by atoms with Crippen LogP contribution in [0.5, 0.6) is 0 Å². The SMILES string of the molecule is CCCCCCCCC(NC)c1ccc2c(c1)CC(=O)N2. The third kappa shape index (κ3) is 4.57. The van der Waals surface area contributed by atoms with Crippen molar-refractivity contribution in [2.24, 2.45) is 0 Å². The molecule has 2 rings (SSSR count). The van der Waals surface area contributed by atoms with Gasteiger partial charge in [0.2, 0.25) is 5.91 Å². The van der Waals surface area contributed by atoms with Crippen molar-refractivity contribution in [3.63, 3.8) is 0 Å². The Morgan fingerprint density at radius 1 is 1.19 bits per heavy atom. The number of carbonyl (C=O) groups is 1. The minimum absolute atomic E-state index is 0.110. The number of carbonyl (C=O) groups excluding carboxylic acids is 1. The summed E-state index contributed by atoms with van der Waals surface area (Å²) in [4.78, 5) is 11.4. The normalized spacial score (nSPS) is 14.9. The molecule has 0 spiro atoms. The van der Waals surface area contributed by atoms with Crippen molar-refractivity contribution in [2.45, 2.75) is 64.3 Å². The Hall–Kier alpha value is -1.35. The van der Waals surface area contributed by atoms with Crippen molar-refractivity contribution in [3.05, 3.63) is 29.3 Å². The van der Waals surface area contributed by atoms with E-state index in [0.29, 0.717) is 12.5 Å². The Morgan fingerprint density at radius 2 is 1.95 bits per heavy atom. The summed E-state index contributed by atoms with van der Waals surface area (Å²) in [5, 5.41) is 6.31. The maximum absolute atomic E-state index is 11.4. The fourth-order valence-corrected chi connectivity index (χ4v) is 3.07. The van der Waals surface area contributed by atoms with Gasteiger partial charge >= 0.3 is 0 Å². The highest BCUT2D eigenvalue weighted by molar-refractivity contribution is 5.99. The first-order chi connectivity index (χ1) is 10.2. The highest BCUT2D eigenvalue weighted by atomic mass is 16.1. The number of anilines is 1. The lowest BCUT2D eigenvalue weighted by Crippen LogP contribution is -2.16. The second kappa shape index (κ2) is 8.18. The van der Waals surface area contributed by atoms with Crippen LogP contribution in [-0.2, 0) is 11.2 Å². The molecule has 21 heavy (non-hydrogen) atoms. The van der Waals surface area contributed by atoms with Crippen molar-refractivity contribution in [1.82, 2.24) is 5.32 Å². The quantitative estimate of drug-likeness (QED) is 0.669. The predicted molar refractivity (Wildman–Crippen MR) is 88.6 cm³/mol. The lowest BCUT2D eigenvalue weighted by Gasteiger charge is -2.17. The first-order valence-electron chi connectivity index (χ1n) is 8.34. The average molecular weight is 288 g/mol. The lowest BCUT2D eigenvalue weighted by molar-refractivity contribution is -0.115. The molecule has 1 aliphatic heterocycles. The number of nitrogens with one attached hydrogen (secondary N) is 2. The summed E-state index contributed by atoms with van der Waals surface area (Å²) < 4.78 is 0. The zero-order valence-electron chi connectivity index (χ0n) is 13.4. The molecule has 0 radical (unpaired) electrons. The van der Waals surface area contributed by atoms with Gasteiger partial charge in [0, 0.05) is 11.7 Å². The number of hydrogen-bond donors (Lipinski definition) is 2. The van der Waals surface area contributed by atoms with Gasteiger partial charge in [-0.15, -0.1) is 0 Å². The van der Waals surface area contributed by atoms with Gasteiger partial charge in [0.05, 0.1) is 6.42 Å². The van der Waals surface area contributed by atoms with Crippen LogP contribution in [0.25, 0.3) is 0 Å². The molecule has 0 saturated heterocycles. The van der Waals surface area contributed by atoms with Crippen LogP contribution in [0.3, 0.4) is 0 Å². The summed E-state index contributed by atoms with van der Waals surface area (Å²) in [6.07, 6.45) is 9.68. The van der Waals surface area contributed by atoms with Gasteiger partial charge in [-0.1, -0.05) is 57.6 Å². The molecule has 0 fully saturated rings. The fraction of sp³-hybridized carbons (Fsp3) is 0.611. The number of unbranched alkanes of at least 4 members (excludes halogenated alkanes) is 5. The topological polar surface area (TPSA) is 41.1 Å². The van der Waals surface area contributed by atoms with Gasteiger partial charge in [0.15, 0.2) is 0 Å². The Morgan fingerprint density at radius 3 is 2.71 bits per heavy atom. The van der Waals surface area contributed by atoms with Gasteiger partial charge in [-0.3, -0.25) is 4.79 Å². The molecule has 1 aromatic rings. The molecule has 1 atom stereocenters. The number of fused-ring (bicyclic) bond motifs is 1. The van der Waals surface area contributed by atoms with Gasteiger partial charge in [-0.25, -0.2) is 0 Å². The van der Waals surface area contributed by atoms with Crippen LogP contribution in [0, 0.1) is 0 Å². The summed E-state index contributed by atoms with van der Waals surface area (Å²) in [5.74, 6) is 0.110. The van der Waals surface area contributed by atoms with Crippen molar-refractivity contribution < 1.29 is 4.79 Å². The van der Waals surface area contributed by atoms with E-state index in [2.05, 4.69) is 29.7 Å². The summed E-state index contributed by atoms with van der Waals surface area (Å²) in [6.45, 7) is 2.25. The van der Waals surface area contributed by atoms with E-state index in [-0.39, 0.29) is 5.91 Å². The minimum Gasteiger partial charge on any atom is -0.326 e. The van der Waals surface area contributed by atoms with Crippen molar-refractivity contribution >= 4 is 11.6 Å². The monoisotopic (exact) mass is 288 g/mol. The molecule has 0 aromatic heterocycles. The summed E-state index contributed by atoms with van der Waals surface area (Å²) >= 11 is 0. The molecular weight excluding hydrogens is 260 g/mol. The predicted octanol–water partition coefficient (Wildman–Crippen LogP) is 4.19. The van der Waals surface area contributed by atoms with Crippen molar-refractivity contribution in [2.75, 3.05) is 12.4 Å². The fourth-order valence-electron chi connectivity index (χ4n) is 3.07. The highest BCUT2D eigenvalue weighted by Gasteiger charge is 2.19. The molecule has 3 nitrogen and oxygen atoms in total. The standard InChI is InChI=1S/C18H28N2O/c1-3-4-5-6-7-8-9-16(19-2)14-10-11-17-15(12-14)13-18(21)20-17/h10-12,16,19H,3-9,13H2,1-2H3,(H,20,21). The number of hydrogen-bond acceptors (Lipinski definition) is 2. The van der Waals surface area contributed by atoms with Gasteiger partial charge in [-0.05, 0) is 30.7 Å². The zero-order chi connectivity index (χ0) is 15.1. The molecule has 1 heterocycles. The second-order valence-corrected chi connectivity index (χ2v) is 6.04. The van der Waals surface area contributed by atoms with Crippen molar-refractivity contribution in [3.8, 4) is 0 Å². The van der Waals surface area contributed by atoms with E-state index in [1.807, 2.05) is 13.1 Å². The Balaban J connectivity index is 1.84. The maximum atomic E-state index is 11.4. The number of rotatable bonds is 9. The van der Waals surface area contributed by atoms with Gasteiger partial charge < -0.3 is 10.6 Å². The third-order valence-electron chi connectivity index (χ3n) is 4.35. The van der Waals surface area contributed by atoms with Crippen LogP contribution in [0.15, 0.2) is 18.2 Å². The van der Waals surface area contributed by atoms with E-state index in [9.17, 15) is 4.79 Å². The Kier molecular flexibility index (Phi) is 6.24. The van der Waals surface area contributed by atoms with E-state index >= 15 is 0 Å². The smallest absolute Gasteiger partial charge is 0.228 e. The van der Waals surface area contributed by atoms with Crippen LogP contribution in [0.4, 0.5) is 5.69 Å². The number of benzene rings is 1. The molecule has 2 N–H and O–H groups in total. The second-order valence-electron chi connectivity index (χ2n) is 6.04. The summed E-state index contributed by atoms with van der Waals surface area (Å²) in [5.41, 5.74) is 3.43. The molecule has 0 aliphatic carbocycles. The van der Waals surface area contributed by atoms with E-state index < -0.39 is 0 Å². The van der Waals surface area contributed by atoms with Gasteiger partial charge in [0.1, 0.15) is 0 Å². The molecular formula is C18H28N2O. The van der Waals surface area contributed by atoms with Crippen LogP contribution in [0.2, 0.25) is 0 Å². The van der Waals surface area contributed by atoms with E-state index in [4.69, 9.17) is 0 Å². The highest BCUT2D eigenvalue weighted by Crippen LogP contribution is 2.28. The van der Waals surface area contributed by atoms with Crippen LogP contribution < -0.4 is 10.6 Å². The van der Waals surface area contributed by atoms with E-state index in [1.54, 1.807) is 0 Å². The molecule has 116 valence electrons. The molecule has 0 bridgehead atoms. The van der Waals surface area contributed by atoms with Gasteiger partial charge in [-0.2, -0.15) is 0 Å². The van der Waals surface area contributed by atoms with E-state index in [0.717, 1.165) is 11.3 Å². The molecule has 1 amide bonds. The first-order valence-corrected chi connectivity index (χ1v) is 8.34.